The van der Waals surface area contributed by atoms with E-state index in [1.165, 1.54) is 295 Å². The SMILES string of the molecule is CCCCCCCCCCCCCCCCCCCCCCCC/C=C/CC/C=C/C(O)C(COC1OC(CO)C(O)C(O)C1O)NC(=O)CCCCCCCCCCCCCCCCCCCCCCCCCCCCC. The largest absolute Gasteiger partial charge is 0.394 e. The summed E-state index contributed by atoms with van der Waals surface area (Å²) in [5.41, 5.74) is 0. The first kappa shape index (κ1) is 74.7. The highest BCUT2D eigenvalue weighted by molar-refractivity contribution is 5.76. The van der Waals surface area contributed by atoms with Crippen LogP contribution >= 0.6 is 0 Å². The molecule has 0 bridgehead atoms. The number of unbranched alkanes of at least 4 members (excludes halogenated alkanes) is 49. The molecule has 0 aromatic rings. The van der Waals surface area contributed by atoms with Gasteiger partial charge >= 0.3 is 0 Å². The lowest BCUT2D eigenvalue weighted by Crippen LogP contribution is -2.60. The minimum Gasteiger partial charge on any atom is -0.394 e. The van der Waals surface area contributed by atoms with Crippen LogP contribution in [0.1, 0.15) is 354 Å². The Hall–Kier alpha value is -1.33. The van der Waals surface area contributed by atoms with Gasteiger partial charge in [-0.25, -0.2) is 0 Å². The fourth-order valence-electron chi connectivity index (χ4n) is 11.4. The highest BCUT2D eigenvalue weighted by atomic mass is 16.7. The van der Waals surface area contributed by atoms with Crippen LogP contribution in [-0.2, 0) is 14.3 Å². The Bertz CT molecular complexity index is 1280. The van der Waals surface area contributed by atoms with Crippen LogP contribution in [0.25, 0.3) is 0 Å². The maximum Gasteiger partial charge on any atom is 0.220 e. The van der Waals surface area contributed by atoms with E-state index < -0.39 is 49.5 Å². The molecule has 1 saturated heterocycles. The van der Waals surface area contributed by atoms with Crippen molar-refractivity contribution in [1.29, 1.82) is 0 Å². The molecule has 9 heteroatoms. The van der Waals surface area contributed by atoms with E-state index in [-0.39, 0.29) is 12.5 Å². The lowest BCUT2D eigenvalue weighted by atomic mass is 9.99. The fraction of sp³-hybridized carbons (Fsp3) is 0.928. The van der Waals surface area contributed by atoms with Crippen LogP contribution in [0.2, 0.25) is 0 Å². The van der Waals surface area contributed by atoms with Gasteiger partial charge in [-0.3, -0.25) is 4.79 Å². The van der Waals surface area contributed by atoms with Crippen molar-refractivity contribution < 1.29 is 39.8 Å². The number of hydrogen-bond donors (Lipinski definition) is 6. The Morgan fingerprint density at radius 2 is 0.731 bits per heavy atom. The van der Waals surface area contributed by atoms with Gasteiger partial charge in [0.25, 0.3) is 0 Å². The van der Waals surface area contributed by atoms with Crippen molar-refractivity contribution in [2.75, 3.05) is 13.2 Å². The molecule has 0 aromatic carbocycles. The van der Waals surface area contributed by atoms with Gasteiger partial charge in [-0.05, 0) is 32.1 Å². The maximum atomic E-state index is 13.1. The molecule has 7 unspecified atom stereocenters. The minimum absolute atomic E-state index is 0.178. The van der Waals surface area contributed by atoms with E-state index in [4.69, 9.17) is 9.47 Å². The molecule has 0 saturated carbocycles. The monoisotopic (exact) mass is 1100 g/mol. The van der Waals surface area contributed by atoms with Gasteiger partial charge < -0.3 is 40.3 Å². The first-order chi connectivity index (χ1) is 38.3. The number of aliphatic hydroxyl groups excluding tert-OH is 5. The predicted molar refractivity (Wildman–Crippen MR) is 332 cm³/mol. The molecule has 1 amide bonds. The molecular formula is C69H133NO8. The Labute approximate surface area is 483 Å². The van der Waals surface area contributed by atoms with E-state index in [2.05, 4.69) is 31.3 Å². The molecule has 1 heterocycles. The van der Waals surface area contributed by atoms with Crippen molar-refractivity contribution in [3.8, 4) is 0 Å². The number of rotatable bonds is 61. The van der Waals surface area contributed by atoms with Crippen molar-refractivity contribution in [3.63, 3.8) is 0 Å². The van der Waals surface area contributed by atoms with Crippen molar-refractivity contribution in [2.24, 2.45) is 0 Å². The normalized spacial score (nSPS) is 18.7. The highest BCUT2D eigenvalue weighted by Crippen LogP contribution is 2.23. The molecule has 462 valence electrons. The summed E-state index contributed by atoms with van der Waals surface area (Å²) in [6.45, 7) is 3.83. The smallest absolute Gasteiger partial charge is 0.220 e. The van der Waals surface area contributed by atoms with Gasteiger partial charge in [0.2, 0.25) is 5.91 Å². The first-order valence-electron chi connectivity index (χ1n) is 34.6. The molecule has 0 spiro atoms. The van der Waals surface area contributed by atoms with Crippen LogP contribution in [0.3, 0.4) is 0 Å². The number of ether oxygens (including phenoxy) is 2. The summed E-state index contributed by atoms with van der Waals surface area (Å²) in [6, 6.07) is -0.820. The van der Waals surface area contributed by atoms with Gasteiger partial charge in [0.15, 0.2) is 6.29 Å². The van der Waals surface area contributed by atoms with Crippen molar-refractivity contribution >= 4 is 5.91 Å². The Kier molecular flexibility index (Phi) is 56.3. The molecular weight excluding hydrogens is 971 g/mol. The average Bonchev–Trinajstić information content (AvgIpc) is 3.45. The van der Waals surface area contributed by atoms with Gasteiger partial charge in [-0.2, -0.15) is 0 Å². The van der Waals surface area contributed by atoms with E-state index in [1.54, 1.807) is 6.08 Å². The van der Waals surface area contributed by atoms with E-state index >= 15 is 0 Å². The second-order valence-electron chi connectivity index (χ2n) is 24.3. The second kappa shape index (κ2) is 58.9. The van der Waals surface area contributed by atoms with Crippen molar-refractivity contribution in [1.82, 2.24) is 5.32 Å². The quantitative estimate of drug-likeness (QED) is 0.0261. The lowest BCUT2D eigenvalue weighted by Gasteiger charge is -2.40. The number of allylic oxidation sites excluding steroid dienone is 3. The second-order valence-corrected chi connectivity index (χ2v) is 24.3. The van der Waals surface area contributed by atoms with Crippen LogP contribution in [0, 0.1) is 0 Å². The summed E-state index contributed by atoms with van der Waals surface area (Å²) in [5.74, 6) is -0.178. The molecule has 9 nitrogen and oxygen atoms in total. The van der Waals surface area contributed by atoms with Gasteiger partial charge in [0.1, 0.15) is 24.4 Å². The van der Waals surface area contributed by atoms with Crippen LogP contribution < -0.4 is 5.32 Å². The van der Waals surface area contributed by atoms with Crippen LogP contribution in [0.15, 0.2) is 24.3 Å². The van der Waals surface area contributed by atoms with Crippen LogP contribution in [-0.4, -0.2) is 87.5 Å². The topological polar surface area (TPSA) is 149 Å². The zero-order valence-corrected chi connectivity index (χ0v) is 51.7. The van der Waals surface area contributed by atoms with Crippen molar-refractivity contribution in [3.05, 3.63) is 24.3 Å². The Morgan fingerprint density at radius 1 is 0.423 bits per heavy atom. The first-order valence-corrected chi connectivity index (χ1v) is 34.6. The Balaban J connectivity index is 2.15. The molecule has 0 radical (unpaired) electrons. The number of nitrogens with one attached hydrogen (secondary N) is 1. The fourth-order valence-corrected chi connectivity index (χ4v) is 11.4. The zero-order valence-electron chi connectivity index (χ0n) is 51.7. The number of carbonyl (C=O) groups is 1. The average molecular weight is 1100 g/mol. The number of amides is 1. The van der Waals surface area contributed by atoms with Crippen LogP contribution in [0.4, 0.5) is 0 Å². The molecule has 6 N–H and O–H groups in total. The van der Waals surface area contributed by atoms with Gasteiger partial charge in [-0.15, -0.1) is 0 Å². The van der Waals surface area contributed by atoms with Gasteiger partial charge in [0.05, 0.1) is 25.4 Å². The predicted octanol–water partition coefficient (Wildman–Crippen LogP) is 18.5. The summed E-state index contributed by atoms with van der Waals surface area (Å²) in [4.78, 5) is 13.1. The minimum atomic E-state index is -1.57. The lowest BCUT2D eigenvalue weighted by molar-refractivity contribution is -0.302. The number of carbonyl (C=O) groups excluding carboxylic acids is 1. The molecule has 0 aliphatic carbocycles. The molecule has 1 fully saturated rings. The summed E-state index contributed by atoms with van der Waals surface area (Å²) in [7, 11) is 0. The molecule has 1 rings (SSSR count). The van der Waals surface area contributed by atoms with Gasteiger partial charge in [-0.1, -0.05) is 340 Å². The van der Waals surface area contributed by atoms with Crippen molar-refractivity contribution in [2.45, 2.75) is 397 Å². The zero-order chi connectivity index (χ0) is 56.5. The van der Waals surface area contributed by atoms with E-state index in [0.29, 0.717) is 6.42 Å². The third-order valence-corrected chi connectivity index (χ3v) is 16.8. The molecule has 78 heavy (non-hydrogen) atoms. The highest BCUT2D eigenvalue weighted by Gasteiger charge is 2.44. The van der Waals surface area contributed by atoms with E-state index in [0.717, 1.165) is 38.5 Å². The van der Waals surface area contributed by atoms with E-state index in [1.807, 2.05) is 6.08 Å². The van der Waals surface area contributed by atoms with Crippen LogP contribution in [0.5, 0.6) is 0 Å². The molecule has 0 aromatic heterocycles. The van der Waals surface area contributed by atoms with Gasteiger partial charge in [0, 0.05) is 6.42 Å². The maximum absolute atomic E-state index is 13.1. The summed E-state index contributed by atoms with van der Waals surface area (Å²) < 4.78 is 11.3. The molecule has 7 atom stereocenters. The summed E-state index contributed by atoms with van der Waals surface area (Å²) >= 11 is 0. The van der Waals surface area contributed by atoms with E-state index in [9.17, 15) is 30.3 Å². The molecule has 1 aliphatic heterocycles. The standard InChI is InChI=1S/C69H133NO8/c1-3-5-7-9-11-13-15-17-19-21-23-25-27-29-31-33-34-36-38-40-42-44-46-48-50-52-54-56-58-63(72)62(61-77-69-68(76)67(75)66(74)64(60-71)78-69)70-65(73)59-57-55-53-51-49-47-45-43-41-39-37-35-32-30-28-26-24-22-20-18-16-14-12-10-8-6-4-2/h48,50,56,58,62-64,66-69,71-72,74-76H,3-47,49,51-55,57,59-61H2,1-2H3,(H,70,73)/b50-48+,58-56+. The number of hydrogen-bond acceptors (Lipinski definition) is 8. The third kappa shape index (κ3) is 47.2. The third-order valence-electron chi connectivity index (χ3n) is 16.8. The summed E-state index contributed by atoms with van der Waals surface area (Å²) in [5, 5.41) is 54.7. The summed E-state index contributed by atoms with van der Waals surface area (Å²) in [6.07, 6.45) is 70.0. The Morgan fingerprint density at radius 3 is 1.08 bits per heavy atom. The number of aliphatic hydroxyl groups is 5. The molecule has 1 aliphatic rings.